The van der Waals surface area contributed by atoms with Gasteiger partial charge in [0.2, 0.25) is 0 Å². The van der Waals surface area contributed by atoms with Gasteiger partial charge in [-0.3, -0.25) is 5.32 Å². The van der Waals surface area contributed by atoms with E-state index in [2.05, 4.69) is 5.32 Å². The first-order valence-electron chi connectivity index (χ1n) is 6.64. The number of ether oxygens (including phenoxy) is 3. The van der Waals surface area contributed by atoms with Crippen molar-refractivity contribution in [3.63, 3.8) is 0 Å². The van der Waals surface area contributed by atoms with Gasteiger partial charge in [0.25, 0.3) is 0 Å². The molecule has 0 aliphatic rings. The Morgan fingerprint density at radius 1 is 1.30 bits per heavy atom. The number of rotatable bonds is 8. The van der Waals surface area contributed by atoms with Crippen LogP contribution in [0.4, 0.5) is 0 Å². The molecule has 112 valence electrons. The highest BCUT2D eigenvalue weighted by Gasteiger charge is 2.38. The molecule has 1 aromatic rings. The van der Waals surface area contributed by atoms with Gasteiger partial charge in [0.05, 0.1) is 20.3 Å². The van der Waals surface area contributed by atoms with Crippen molar-refractivity contribution in [1.29, 1.82) is 0 Å². The lowest BCUT2D eigenvalue weighted by molar-refractivity contribution is -0.148. The van der Waals surface area contributed by atoms with Gasteiger partial charge in [-0.25, -0.2) is 4.79 Å². The maximum absolute atomic E-state index is 12.2. The fourth-order valence-corrected chi connectivity index (χ4v) is 2.05. The molecule has 1 N–H and O–H groups in total. The normalized spacial score (nSPS) is 13.6. The minimum absolute atomic E-state index is 0.360. The van der Waals surface area contributed by atoms with E-state index >= 15 is 0 Å². The maximum atomic E-state index is 12.2. The van der Waals surface area contributed by atoms with Crippen molar-refractivity contribution >= 4 is 5.97 Å². The lowest BCUT2D eigenvalue weighted by Gasteiger charge is -2.30. The van der Waals surface area contributed by atoms with Crippen molar-refractivity contribution in [1.82, 2.24) is 5.32 Å². The van der Waals surface area contributed by atoms with Crippen LogP contribution in [0, 0.1) is 0 Å². The number of benzene rings is 1. The van der Waals surface area contributed by atoms with Crippen molar-refractivity contribution in [3.05, 3.63) is 29.8 Å². The molecule has 1 atom stereocenters. The molecule has 0 aliphatic carbocycles. The Bertz CT molecular complexity index is 436. The summed E-state index contributed by atoms with van der Waals surface area (Å²) in [5.74, 6) is 0.313. The number of hydrogen-bond acceptors (Lipinski definition) is 5. The second-order valence-corrected chi connectivity index (χ2v) is 4.47. The Labute approximate surface area is 120 Å². The molecule has 1 unspecified atom stereocenters. The highest BCUT2D eigenvalue weighted by Crippen LogP contribution is 2.31. The molecule has 1 rings (SSSR count). The van der Waals surface area contributed by atoms with E-state index in [1.165, 1.54) is 7.11 Å². The molecule has 0 aliphatic heterocycles. The zero-order valence-electron chi connectivity index (χ0n) is 12.6. The minimum Gasteiger partial charge on any atom is -0.494 e. The predicted octanol–water partition coefficient (Wildman–Crippen LogP) is 1.71. The van der Waals surface area contributed by atoms with Gasteiger partial charge in [-0.05, 0) is 19.9 Å². The lowest BCUT2D eigenvalue weighted by Crippen LogP contribution is -2.48. The average Bonchev–Trinajstić information content (AvgIpc) is 2.47. The number of hydrogen-bond donors (Lipinski definition) is 1. The lowest BCUT2D eigenvalue weighted by atomic mass is 9.91. The standard InChI is InChI=1S/C15H23NO4/c1-5-20-13-9-7-6-8-12(13)15(2,14(17)19-4)16-10-11-18-3/h6-9,16H,5,10-11H2,1-4H3. The van der Waals surface area contributed by atoms with Gasteiger partial charge in [-0.1, -0.05) is 18.2 Å². The second kappa shape index (κ2) is 7.87. The Kier molecular flexibility index (Phi) is 6.48. The highest BCUT2D eigenvalue weighted by molar-refractivity contribution is 5.83. The Morgan fingerprint density at radius 3 is 2.60 bits per heavy atom. The van der Waals surface area contributed by atoms with Gasteiger partial charge in [0.1, 0.15) is 11.3 Å². The van der Waals surface area contributed by atoms with Gasteiger partial charge in [0.15, 0.2) is 0 Å². The van der Waals surface area contributed by atoms with E-state index in [0.717, 1.165) is 5.56 Å². The third kappa shape index (κ3) is 3.71. The van der Waals surface area contributed by atoms with Crippen molar-refractivity contribution in [2.24, 2.45) is 0 Å². The smallest absolute Gasteiger partial charge is 0.330 e. The zero-order chi connectivity index (χ0) is 15.0. The number of methoxy groups -OCH3 is 2. The molecule has 1 aromatic carbocycles. The molecular formula is C15H23NO4. The van der Waals surface area contributed by atoms with E-state index < -0.39 is 5.54 Å². The SMILES string of the molecule is CCOc1ccccc1C(C)(NCCOC)C(=O)OC. The molecule has 0 radical (unpaired) electrons. The molecule has 0 fully saturated rings. The van der Waals surface area contributed by atoms with Gasteiger partial charge < -0.3 is 14.2 Å². The summed E-state index contributed by atoms with van der Waals surface area (Å²) >= 11 is 0. The first-order chi connectivity index (χ1) is 9.60. The number of carbonyl (C=O) groups excluding carboxylic acids is 1. The summed E-state index contributed by atoms with van der Waals surface area (Å²) < 4.78 is 15.6. The van der Waals surface area contributed by atoms with E-state index in [1.807, 2.05) is 31.2 Å². The predicted molar refractivity (Wildman–Crippen MR) is 76.9 cm³/mol. The van der Waals surface area contributed by atoms with E-state index in [1.54, 1.807) is 14.0 Å². The zero-order valence-corrected chi connectivity index (χ0v) is 12.6. The van der Waals surface area contributed by atoms with Crippen molar-refractivity contribution in [3.8, 4) is 5.75 Å². The molecule has 0 spiro atoms. The van der Waals surface area contributed by atoms with E-state index in [4.69, 9.17) is 14.2 Å². The van der Waals surface area contributed by atoms with Crippen molar-refractivity contribution in [2.75, 3.05) is 34.0 Å². The number of esters is 1. The number of carbonyl (C=O) groups is 1. The molecule has 0 aromatic heterocycles. The summed E-state index contributed by atoms with van der Waals surface area (Å²) in [6.45, 7) is 5.26. The van der Waals surface area contributed by atoms with Crippen LogP contribution in [-0.2, 0) is 19.8 Å². The van der Waals surface area contributed by atoms with Crippen LogP contribution in [0.25, 0.3) is 0 Å². The van der Waals surface area contributed by atoms with E-state index in [-0.39, 0.29) is 5.97 Å². The van der Waals surface area contributed by atoms with Gasteiger partial charge in [-0.15, -0.1) is 0 Å². The van der Waals surface area contributed by atoms with Crippen molar-refractivity contribution in [2.45, 2.75) is 19.4 Å². The monoisotopic (exact) mass is 281 g/mol. The fourth-order valence-electron chi connectivity index (χ4n) is 2.05. The Balaban J connectivity index is 3.12. The van der Waals surface area contributed by atoms with Crippen LogP contribution >= 0.6 is 0 Å². The molecule has 5 heteroatoms. The van der Waals surface area contributed by atoms with E-state index in [9.17, 15) is 4.79 Å². The molecule has 0 bridgehead atoms. The van der Waals surface area contributed by atoms with Crippen molar-refractivity contribution < 1.29 is 19.0 Å². The summed E-state index contributed by atoms with van der Waals surface area (Å²) in [5, 5.41) is 3.18. The quantitative estimate of drug-likeness (QED) is 0.580. The summed E-state index contributed by atoms with van der Waals surface area (Å²) in [5.41, 5.74) is -0.219. The third-order valence-electron chi connectivity index (χ3n) is 3.10. The molecule has 5 nitrogen and oxygen atoms in total. The molecule has 20 heavy (non-hydrogen) atoms. The fraction of sp³-hybridized carbons (Fsp3) is 0.533. The van der Waals surface area contributed by atoms with Gasteiger partial charge >= 0.3 is 5.97 Å². The number of nitrogens with one attached hydrogen (secondary N) is 1. The first-order valence-corrected chi connectivity index (χ1v) is 6.64. The van der Waals surface area contributed by atoms with Gasteiger partial charge in [0, 0.05) is 19.2 Å². The van der Waals surface area contributed by atoms with Crippen LogP contribution in [0.2, 0.25) is 0 Å². The maximum Gasteiger partial charge on any atom is 0.330 e. The van der Waals surface area contributed by atoms with Crippen LogP contribution in [0.5, 0.6) is 5.75 Å². The highest BCUT2D eigenvalue weighted by atomic mass is 16.5. The third-order valence-corrected chi connectivity index (χ3v) is 3.10. The van der Waals surface area contributed by atoms with Crippen LogP contribution in [0.1, 0.15) is 19.4 Å². The van der Waals surface area contributed by atoms with Crippen LogP contribution in [0.3, 0.4) is 0 Å². The molecule has 0 saturated carbocycles. The van der Waals surface area contributed by atoms with E-state index in [0.29, 0.717) is 25.5 Å². The Morgan fingerprint density at radius 2 is 2.00 bits per heavy atom. The molecule has 0 amide bonds. The minimum atomic E-state index is -0.973. The first kappa shape index (κ1) is 16.5. The Hall–Kier alpha value is -1.59. The summed E-state index contributed by atoms with van der Waals surface area (Å²) in [6, 6.07) is 7.46. The summed E-state index contributed by atoms with van der Waals surface area (Å²) in [4.78, 5) is 12.2. The second-order valence-electron chi connectivity index (χ2n) is 4.47. The van der Waals surface area contributed by atoms with Crippen LogP contribution < -0.4 is 10.1 Å². The van der Waals surface area contributed by atoms with Crippen LogP contribution in [0.15, 0.2) is 24.3 Å². The number of para-hydroxylation sites is 1. The summed E-state index contributed by atoms with van der Waals surface area (Å²) in [6.07, 6.45) is 0. The molecule has 0 saturated heterocycles. The average molecular weight is 281 g/mol. The topological polar surface area (TPSA) is 56.8 Å². The molecular weight excluding hydrogens is 258 g/mol. The summed E-state index contributed by atoms with van der Waals surface area (Å²) in [7, 11) is 2.99. The van der Waals surface area contributed by atoms with Crippen LogP contribution in [-0.4, -0.2) is 39.9 Å². The van der Waals surface area contributed by atoms with Gasteiger partial charge in [-0.2, -0.15) is 0 Å². The molecule has 0 heterocycles. The largest absolute Gasteiger partial charge is 0.494 e.